The molecule has 9 aromatic rings. The molecule has 42 heavy (non-hydrogen) atoms. The Morgan fingerprint density at radius 3 is 1.81 bits per heavy atom. The average Bonchev–Trinajstić information content (AvgIpc) is 3.39. The number of pyridine rings is 1. The van der Waals surface area contributed by atoms with Crippen LogP contribution in [0.3, 0.4) is 0 Å². The number of aromatic nitrogens is 3. The number of para-hydroxylation sites is 3. The molecule has 0 atom stereocenters. The Kier molecular flexibility index (Phi) is 4.73. The lowest BCUT2D eigenvalue weighted by Gasteiger charge is -2.12. The van der Waals surface area contributed by atoms with Gasteiger partial charge in [-0.3, -0.25) is 9.20 Å². The molecule has 3 heterocycles. The van der Waals surface area contributed by atoms with Crippen LogP contribution in [0.4, 0.5) is 0 Å². The first-order valence-corrected chi connectivity index (χ1v) is 14.1. The first-order valence-electron chi connectivity index (χ1n) is 14.1. The predicted molar refractivity (Wildman–Crippen MR) is 174 cm³/mol. The summed E-state index contributed by atoms with van der Waals surface area (Å²) in [6.07, 6.45) is 0. The number of fused-ring (bicyclic) bond motifs is 10. The molecule has 6 aromatic carbocycles. The van der Waals surface area contributed by atoms with Crippen LogP contribution in [-0.4, -0.2) is 14.0 Å². The zero-order chi connectivity index (χ0) is 27.8. The van der Waals surface area contributed by atoms with E-state index in [0.29, 0.717) is 16.6 Å². The number of benzene rings is 6. The highest BCUT2D eigenvalue weighted by Gasteiger charge is 2.16. The Morgan fingerprint density at radius 2 is 1.02 bits per heavy atom. The second kappa shape index (κ2) is 8.63. The van der Waals surface area contributed by atoms with E-state index in [4.69, 9.17) is 4.98 Å². The molecule has 0 N–H and O–H groups in total. The molecule has 0 unspecified atom stereocenters. The van der Waals surface area contributed by atoms with Gasteiger partial charge in [0.1, 0.15) is 5.65 Å². The van der Waals surface area contributed by atoms with E-state index in [0.717, 1.165) is 44.0 Å². The standard InChI is InChI=1S/C38H23N3O/c42-38-32-23-24(18-20-33(32)39-37-30-15-5-4-12-27(30)28-13-6-9-17-35(28)41(37)38)25-19-21-36-31(22-25)29-14-7-8-16-34(29)40(36)26-10-2-1-3-11-26/h1-23H. The largest absolute Gasteiger partial charge is 0.309 e. The Morgan fingerprint density at radius 1 is 0.452 bits per heavy atom. The number of nitrogens with zero attached hydrogens (tertiary/aromatic N) is 3. The van der Waals surface area contributed by atoms with Gasteiger partial charge in [0.15, 0.2) is 0 Å². The maximum absolute atomic E-state index is 14.2. The molecule has 3 aromatic heterocycles. The van der Waals surface area contributed by atoms with E-state index in [-0.39, 0.29) is 5.56 Å². The van der Waals surface area contributed by atoms with Crippen molar-refractivity contribution in [1.82, 2.24) is 14.0 Å². The summed E-state index contributed by atoms with van der Waals surface area (Å²) in [5.74, 6) is 0. The van der Waals surface area contributed by atoms with E-state index >= 15 is 0 Å². The molecule has 0 aliphatic rings. The molecule has 196 valence electrons. The van der Waals surface area contributed by atoms with Crippen molar-refractivity contribution in [3.8, 4) is 16.8 Å². The normalized spacial score (nSPS) is 11.9. The maximum Gasteiger partial charge on any atom is 0.266 e. The van der Waals surface area contributed by atoms with Crippen LogP contribution in [0.5, 0.6) is 0 Å². The zero-order valence-electron chi connectivity index (χ0n) is 22.5. The molecule has 0 saturated heterocycles. The lowest BCUT2D eigenvalue weighted by Crippen LogP contribution is -2.16. The fourth-order valence-corrected chi connectivity index (χ4v) is 6.59. The van der Waals surface area contributed by atoms with Gasteiger partial charge in [0.25, 0.3) is 5.56 Å². The second-order valence-corrected chi connectivity index (χ2v) is 10.8. The Bertz CT molecular complexity index is 2590. The number of hydrogen-bond donors (Lipinski definition) is 0. The third-order valence-corrected chi connectivity index (χ3v) is 8.49. The van der Waals surface area contributed by atoms with Gasteiger partial charge in [-0.2, -0.15) is 0 Å². The van der Waals surface area contributed by atoms with Crippen LogP contribution in [0.1, 0.15) is 0 Å². The molecule has 4 heteroatoms. The first-order chi connectivity index (χ1) is 20.8. The Balaban J connectivity index is 1.31. The van der Waals surface area contributed by atoms with Crippen LogP contribution in [0, 0.1) is 0 Å². The van der Waals surface area contributed by atoms with Gasteiger partial charge in [-0.15, -0.1) is 0 Å². The summed E-state index contributed by atoms with van der Waals surface area (Å²) in [6.45, 7) is 0. The van der Waals surface area contributed by atoms with Crippen molar-refractivity contribution >= 4 is 60.0 Å². The summed E-state index contributed by atoms with van der Waals surface area (Å²) in [7, 11) is 0. The van der Waals surface area contributed by atoms with E-state index in [1.165, 1.54) is 16.3 Å². The second-order valence-electron chi connectivity index (χ2n) is 10.8. The van der Waals surface area contributed by atoms with Gasteiger partial charge in [-0.1, -0.05) is 91.0 Å². The van der Waals surface area contributed by atoms with Gasteiger partial charge >= 0.3 is 0 Å². The monoisotopic (exact) mass is 537 g/mol. The van der Waals surface area contributed by atoms with Gasteiger partial charge in [0, 0.05) is 27.2 Å². The van der Waals surface area contributed by atoms with Gasteiger partial charge in [0.05, 0.1) is 27.5 Å². The molecule has 0 aliphatic carbocycles. The SMILES string of the molecule is O=c1c2cc(-c3ccc4c(c3)c3ccccc3n4-c3ccccc3)ccc2nc2c3ccccc3c3ccccc3n12. The molecule has 0 saturated carbocycles. The summed E-state index contributed by atoms with van der Waals surface area (Å²) in [6, 6.07) is 47.9. The molecule has 0 radical (unpaired) electrons. The minimum Gasteiger partial charge on any atom is -0.309 e. The average molecular weight is 538 g/mol. The summed E-state index contributed by atoms with van der Waals surface area (Å²) in [5, 5.41) is 6.10. The van der Waals surface area contributed by atoms with Crippen LogP contribution >= 0.6 is 0 Å². The summed E-state index contributed by atoms with van der Waals surface area (Å²) in [4.78, 5) is 19.2. The van der Waals surface area contributed by atoms with E-state index in [1.54, 1.807) is 4.40 Å². The smallest absolute Gasteiger partial charge is 0.266 e. The van der Waals surface area contributed by atoms with Crippen molar-refractivity contribution < 1.29 is 0 Å². The summed E-state index contributed by atoms with van der Waals surface area (Å²) >= 11 is 0. The predicted octanol–water partition coefficient (Wildman–Crippen LogP) is 8.92. The van der Waals surface area contributed by atoms with Crippen LogP contribution < -0.4 is 5.56 Å². The third kappa shape index (κ3) is 3.17. The van der Waals surface area contributed by atoms with Crippen LogP contribution in [0.15, 0.2) is 144 Å². The van der Waals surface area contributed by atoms with Gasteiger partial charge in [0.2, 0.25) is 0 Å². The van der Waals surface area contributed by atoms with Gasteiger partial charge in [-0.25, -0.2) is 4.98 Å². The highest BCUT2D eigenvalue weighted by molar-refractivity contribution is 6.13. The van der Waals surface area contributed by atoms with E-state index in [2.05, 4.69) is 89.5 Å². The zero-order valence-corrected chi connectivity index (χ0v) is 22.5. The van der Waals surface area contributed by atoms with Crippen molar-refractivity contribution in [2.45, 2.75) is 0 Å². The lowest BCUT2D eigenvalue weighted by atomic mass is 10.0. The minimum atomic E-state index is -0.0550. The molecule has 0 aliphatic heterocycles. The van der Waals surface area contributed by atoms with Crippen LogP contribution in [-0.2, 0) is 0 Å². The molecule has 0 fully saturated rings. The van der Waals surface area contributed by atoms with E-state index in [1.807, 2.05) is 54.6 Å². The minimum absolute atomic E-state index is 0.0550. The number of rotatable bonds is 2. The first kappa shape index (κ1) is 23.0. The molecule has 9 rings (SSSR count). The van der Waals surface area contributed by atoms with Crippen molar-refractivity contribution in [1.29, 1.82) is 0 Å². The molecule has 0 bridgehead atoms. The molecular weight excluding hydrogens is 514 g/mol. The van der Waals surface area contributed by atoms with Gasteiger partial charge in [-0.05, 0) is 65.0 Å². The quantitative estimate of drug-likeness (QED) is 0.163. The van der Waals surface area contributed by atoms with Crippen molar-refractivity contribution in [2.24, 2.45) is 0 Å². The summed E-state index contributed by atoms with van der Waals surface area (Å²) < 4.78 is 4.09. The highest BCUT2D eigenvalue weighted by atomic mass is 16.1. The van der Waals surface area contributed by atoms with Crippen LogP contribution in [0.25, 0.3) is 76.8 Å². The van der Waals surface area contributed by atoms with Crippen molar-refractivity contribution in [2.75, 3.05) is 0 Å². The third-order valence-electron chi connectivity index (χ3n) is 8.49. The van der Waals surface area contributed by atoms with Crippen molar-refractivity contribution in [3.63, 3.8) is 0 Å². The maximum atomic E-state index is 14.2. The van der Waals surface area contributed by atoms with Crippen LogP contribution in [0.2, 0.25) is 0 Å². The molecule has 4 nitrogen and oxygen atoms in total. The van der Waals surface area contributed by atoms with E-state index in [9.17, 15) is 4.79 Å². The molecule has 0 amide bonds. The fourth-order valence-electron chi connectivity index (χ4n) is 6.59. The molecule has 0 spiro atoms. The highest BCUT2D eigenvalue weighted by Crippen LogP contribution is 2.35. The van der Waals surface area contributed by atoms with Crippen molar-refractivity contribution in [3.05, 3.63) is 150 Å². The number of hydrogen-bond acceptors (Lipinski definition) is 2. The molecular formula is C38H23N3O. The Labute approximate surface area is 240 Å². The van der Waals surface area contributed by atoms with Gasteiger partial charge < -0.3 is 4.57 Å². The summed E-state index contributed by atoms with van der Waals surface area (Å²) in [5.41, 5.74) is 7.70. The Hall–Kier alpha value is -5.74. The fraction of sp³-hybridized carbons (Fsp3) is 0. The topological polar surface area (TPSA) is 39.3 Å². The lowest BCUT2D eigenvalue weighted by molar-refractivity contribution is 1.14. The van der Waals surface area contributed by atoms with E-state index < -0.39 is 0 Å².